The first-order valence-electron chi connectivity index (χ1n) is 9.90. The number of rotatable bonds is 6. The van der Waals surface area contributed by atoms with E-state index >= 15 is 0 Å². The van der Waals surface area contributed by atoms with Gasteiger partial charge in [-0.2, -0.15) is 0 Å². The molecule has 0 aromatic heterocycles. The third-order valence-electron chi connectivity index (χ3n) is 5.48. The van der Waals surface area contributed by atoms with Gasteiger partial charge in [0.1, 0.15) is 0 Å². The molecule has 4 heteroatoms. The largest absolute Gasteiger partial charge is 0.395 e. The van der Waals surface area contributed by atoms with Crippen LogP contribution in [-0.2, 0) is 0 Å². The van der Waals surface area contributed by atoms with Crippen molar-refractivity contribution in [2.45, 2.75) is 51.2 Å². The Morgan fingerprint density at radius 2 is 1.56 bits per heavy atom. The van der Waals surface area contributed by atoms with E-state index in [-0.39, 0.29) is 18.6 Å². The number of amides is 1. The van der Waals surface area contributed by atoms with Gasteiger partial charge in [-0.1, -0.05) is 55.7 Å². The van der Waals surface area contributed by atoms with E-state index in [0.717, 1.165) is 42.4 Å². The van der Waals surface area contributed by atoms with Gasteiger partial charge in [0.25, 0.3) is 5.91 Å². The van der Waals surface area contributed by atoms with Gasteiger partial charge in [0.05, 0.1) is 12.7 Å². The molecule has 1 atom stereocenters. The Hall–Kier alpha value is -2.17. The second-order valence-corrected chi connectivity index (χ2v) is 7.39. The predicted octanol–water partition coefficient (Wildman–Crippen LogP) is 4.17. The van der Waals surface area contributed by atoms with E-state index in [4.69, 9.17) is 0 Å². The van der Waals surface area contributed by atoms with Gasteiger partial charge in [0.2, 0.25) is 0 Å². The Balaban J connectivity index is 1.75. The van der Waals surface area contributed by atoms with Crippen LogP contribution in [0.5, 0.6) is 0 Å². The number of hydrogen-bond acceptors (Lipinski definition) is 3. The van der Waals surface area contributed by atoms with E-state index < -0.39 is 6.10 Å². The normalized spacial score (nSPS) is 16.1. The molecule has 1 amide bonds. The van der Waals surface area contributed by atoms with Crippen LogP contribution in [0.1, 0.15) is 61.1 Å². The van der Waals surface area contributed by atoms with Crippen molar-refractivity contribution in [3.63, 3.8) is 0 Å². The van der Waals surface area contributed by atoms with E-state index in [1.54, 1.807) is 6.92 Å². The van der Waals surface area contributed by atoms with Gasteiger partial charge in [-0.15, -0.1) is 0 Å². The summed E-state index contributed by atoms with van der Waals surface area (Å²) in [6, 6.07) is 15.7. The molecule has 2 aromatic rings. The Kier molecular flexibility index (Phi) is 6.64. The van der Waals surface area contributed by atoms with Gasteiger partial charge in [-0.3, -0.25) is 4.79 Å². The number of benzene rings is 2. The van der Waals surface area contributed by atoms with Gasteiger partial charge >= 0.3 is 0 Å². The highest BCUT2D eigenvalue weighted by Crippen LogP contribution is 2.26. The molecule has 1 saturated carbocycles. The quantitative estimate of drug-likeness (QED) is 0.805. The highest BCUT2D eigenvalue weighted by atomic mass is 16.3. The van der Waals surface area contributed by atoms with Crippen molar-refractivity contribution in [3.8, 4) is 11.1 Å². The van der Waals surface area contributed by atoms with Crippen molar-refractivity contribution in [1.29, 1.82) is 0 Å². The van der Waals surface area contributed by atoms with E-state index in [1.807, 2.05) is 53.4 Å². The second-order valence-electron chi connectivity index (χ2n) is 7.39. The Bertz CT molecular complexity index is 731. The summed E-state index contributed by atoms with van der Waals surface area (Å²) in [6.07, 6.45) is 5.12. The first-order valence-corrected chi connectivity index (χ1v) is 9.90. The zero-order valence-corrected chi connectivity index (χ0v) is 16.0. The van der Waals surface area contributed by atoms with Crippen molar-refractivity contribution in [1.82, 2.24) is 4.90 Å². The van der Waals surface area contributed by atoms with Gasteiger partial charge in [0.15, 0.2) is 0 Å². The molecule has 0 aliphatic heterocycles. The average molecular weight is 367 g/mol. The monoisotopic (exact) mass is 367 g/mol. The Labute approximate surface area is 161 Å². The molecule has 4 nitrogen and oxygen atoms in total. The molecule has 1 aliphatic carbocycles. The maximum atomic E-state index is 13.0. The number of carbonyl (C=O) groups excluding carboxylic acids is 1. The lowest BCUT2D eigenvalue weighted by atomic mass is 9.93. The topological polar surface area (TPSA) is 60.8 Å². The minimum atomic E-state index is -0.476. The third-order valence-corrected chi connectivity index (χ3v) is 5.48. The molecular weight excluding hydrogens is 338 g/mol. The van der Waals surface area contributed by atoms with Gasteiger partial charge in [-0.05, 0) is 48.6 Å². The number of aliphatic hydroxyl groups excluding tert-OH is 2. The van der Waals surface area contributed by atoms with Gasteiger partial charge in [0, 0.05) is 18.2 Å². The highest BCUT2D eigenvalue weighted by Gasteiger charge is 2.25. The van der Waals surface area contributed by atoms with Crippen LogP contribution in [0, 0.1) is 0 Å². The first-order chi connectivity index (χ1) is 13.1. The molecule has 144 valence electrons. The number of nitrogens with zero attached hydrogens (tertiary/aromatic N) is 1. The molecule has 0 radical (unpaired) electrons. The summed E-state index contributed by atoms with van der Waals surface area (Å²) in [5.74, 6) is 0.00644. The summed E-state index contributed by atoms with van der Waals surface area (Å²) in [5, 5.41) is 19.0. The van der Waals surface area contributed by atoms with Crippen LogP contribution in [0.2, 0.25) is 0 Å². The SMILES string of the molecule is C[C@@H](O)c1ccc(-c2ccc(C(=O)N(CCO)C3CCCCC3)cc2)cc1. The van der Waals surface area contributed by atoms with E-state index in [9.17, 15) is 15.0 Å². The summed E-state index contributed by atoms with van der Waals surface area (Å²) in [6.45, 7) is 2.14. The number of hydrogen-bond donors (Lipinski definition) is 2. The van der Waals surface area contributed by atoms with Crippen molar-refractivity contribution < 1.29 is 15.0 Å². The van der Waals surface area contributed by atoms with Crippen LogP contribution >= 0.6 is 0 Å². The molecule has 2 aromatic carbocycles. The van der Waals surface area contributed by atoms with Crippen molar-refractivity contribution in [2.24, 2.45) is 0 Å². The molecule has 0 spiro atoms. The Morgan fingerprint density at radius 1 is 1.00 bits per heavy atom. The lowest BCUT2D eigenvalue weighted by Crippen LogP contribution is -2.43. The summed E-state index contributed by atoms with van der Waals surface area (Å²) in [5.41, 5.74) is 3.64. The number of carbonyl (C=O) groups is 1. The second kappa shape index (κ2) is 9.16. The fourth-order valence-corrected chi connectivity index (χ4v) is 3.88. The number of aliphatic hydroxyl groups is 2. The molecule has 3 rings (SSSR count). The zero-order valence-electron chi connectivity index (χ0n) is 16.0. The van der Waals surface area contributed by atoms with Gasteiger partial charge in [-0.25, -0.2) is 0 Å². The first kappa shape index (κ1) is 19.6. The van der Waals surface area contributed by atoms with Crippen LogP contribution in [0.4, 0.5) is 0 Å². The minimum absolute atomic E-state index is 0.00402. The average Bonchev–Trinajstić information content (AvgIpc) is 2.72. The fourth-order valence-electron chi connectivity index (χ4n) is 3.88. The maximum Gasteiger partial charge on any atom is 0.254 e. The van der Waals surface area contributed by atoms with Gasteiger partial charge < -0.3 is 15.1 Å². The molecule has 0 unspecified atom stereocenters. The summed E-state index contributed by atoms with van der Waals surface area (Å²) in [4.78, 5) is 14.8. The van der Waals surface area contributed by atoms with E-state index in [2.05, 4.69) is 0 Å². The molecule has 0 heterocycles. The standard InChI is InChI=1S/C23H29NO3/c1-17(26)18-7-9-19(10-8-18)20-11-13-21(14-12-20)23(27)24(15-16-25)22-5-3-2-4-6-22/h7-14,17,22,25-26H,2-6,15-16H2,1H3/t17-/m1/s1. The lowest BCUT2D eigenvalue weighted by molar-refractivity contribution is 0.0585. The highest BCUT2D eigenvalue weighted by molar-refractivity contribution is 5.95. The molecule has 1 aliphatic rings. The van der Waals surface area contributed by atoms with Crippen LogP contribution in [0.25, 0.3) is 11.1 Å². The van der Waals surface area contributed by atoms with E-state index in [1.165, 1.54) is 6.42 Å². The third kappa shape index (κ3) is 4.76. The predicted molar refractivity (Wildman–Crippen MR) is 108 cm³/mol. The summed E-state index contributed by atoms with van der Waals surface area (Å²) in [7, 11) is 0. The molecule has 0 bridgehead atoms. The van der Waals surface area contributed by atoms with Crippen LogP contribution < -0.4 is 0 Å². The maximum absolute atomic E-state index is 13.0. The van der Waals surface area contributed by atoms with Crippen molar-refractivity contribution in [3.05, 3.63) is 59.7 Å². The summed E-state index contributed by atoms with van der Waals surface area (Å²) < 4.78 is 0. The fraction of sp³-hybridized carbons (Fsp3) is 0.435. The zero-order chi connectivity index (χ0) is 19.2. The van der Waals surface area contributed by atoms with Crippen molar-refractivity contribution >= 4 is 5.91 Å². The summed E-state index contributed by atoms with van der Waals surface area (Å²) >= 11 is 0. The van der Waals surface area contributed by atoms with Crippen LogP contribution in [-0.4, -0.2) is 40.2 Å². The smallest absolute Gasteiger partial charge is 0.254 e. The van der Waals surface area contributed by atoms with Crippen LogP contribution in [0.15, 0.2) is 48.5 Å². The molecular formula is C23H29NO3. The minimum Gasteiger partial charge on any atom is -0.395 e. The molecule has 1 fully saturated rings. The van der Waals surface area contributed by atoms with Crippen molar-refractivity contribution in [2.75, 3.05) is 13.2 Å². The van der Waals surface area contributed by atoms with Crippen LogP contribution in [0.3, 0.4) is 0 Å². The van der Waals surface area contributed by atoms with E-state index in [0.29, 0.717) is 12.1 Å². The lowest BCUT2D eigenvalue weighted by Gasteiger charge is -2.34. The molecule has 0 saturated heterocycles. The Morgan fingerprint density at radius 3 is 2.07 bits per heavy atom. The molecule has 27 heavy (non-hydrogen) atoms. The molecule has 2 N–H and O–H groups in total.